The van der Waals surface area contributed by atoms with Crippen molar-refractivity contribution in [3.05, 3.63) is 29.6 Å². The fraction of sp³-hybridized carbons (Fsp3) is 0.600. The molecule has 0 unspecified atom stereocenters. The van der Waals surface area contributed by atoms with Crippen LogP contribution in [0.5, 0.6) is 0 Å². The molecule has 0 amide bonds. The number of anilines is 1. The van der Waals surface area contributed by atoms with E-state index in [1.807, 2.05) is 13.0 Å². The van der Waals surface area contributed by atoms with Crippen molar-refractivity contribution < 1.29 is 9.50 Å². The average molecular weight is 251 g/mol. The highest BCUT2D eigenvalue weighted by molar-refractivity contribution is 5.48. The van der Waals surface area contributed by atoms with Gasteiger partial charge in [-0.1, -0.05) is 25.7 Å². The van der Waals surface area contributed by atoms with E-state index in [1.54, 1.807) is 0 Å². The molecular weight excluding hydrogens is 229 g/mol. The summed E-state index contributed by atoms with van der Waals surface area (Å²) in [4.78, 5) is 0. The Morgan fingerprint density at radius 3 is 2.39 bits per heavy atom. The smallest absolute Gasteiger partial charge is 0.125 e. The van der Waals surface area contributed by atoms with Crippen molar-refractivity contribution in [2.75, 3.05) is 11.9 Å². The molecule has 1 saturated carbocycles. The number of aryl methyl sites for hydroxylation is 1. The third-order valence-electron chi connectivity index (χ3n) is 3.81. The number of benzene rings is 1. The second-order valence-corrected chi connectivity index (χ2v) is 5.49. The summed E-state index contributed by atoms with van der Waals surface area (Å²) in [5, 5.41) is 13.1. The van der Waals surface area contributed by atoms with Crippen molar-refractivity contribution in [2.45, 2.75) is 51.0 Å². The van der Waals surface area contributed by atoms with Crippen LogP contribution in [0.4, 0.5) is 10.1 Å². The number of hydrogen-bond acceptors (Lipinski definition) is 2. The molecule has 0 heterocycles. The van der Waals surface area contributed by atoms with Gasteiger partial charge in [-0.15, -0.1) is 0 Å². The lowest BCUT2D eigenvalue weighted by atomic mass is 9.90. The first-order valence-corrected chi connectivity index (χ1v) is 6.80. The maximum atomic E-state index is 13.4. The van der Waals surface area contributed by atoms with Gasteiger partial charge in [0.15, 0.2) is 0 Å². The van der Waals surface area contributed by atoms with Gasteiger partial charge in [0.2, 0.25) is 0 Å². The zero-order chi connectivity index (χ0) is 13.0. The van der Waals surface area contributed by atoms with Crippen LogP contribution >= 0.6 is 0 Å². The predicted molar refractivity (Wildman–Crippen MR) is 72.3 cm³/mol. The summed E-state index contributed by atoms with van der Waals surface area (Å²) >= 11 is 0. The molecule has 0 saturated heterocycles. The second-order valence-electron chi connectivity index (χ2n) is 5.49. The predicted octanol–water partition coefficient (Wildman–Crippen LogP) is 3.63. The minimum absolute atomic E-state index is 0.114. The minimum Gasteiger partial charge on any atom is -0.394 e. The number of hydrogen-bond donors (Lipinski definition) is 2. The van der Waals surface area contributed by atoms with Gasteiger partial charge in [-0.2, -0.15) is 0 Å². The first-order chi connectivity index (χ1) is 8.63. The maximum absolute atomic E-state index is 13.4. The Morgan fingerprint density at radius 2 is 1.83 bits per heavy atom. The van der Waals surface area contributed by atoms with Crippen LogP contribution in [0.15, 0.2) is 18.2 Å². The Balaban J connectivity index is 2.17. The van der Waals surface area contributed by atoms with Crippen molar-refractivity contribution in [1.82, 2.24) is 0 Å². The Morgan fingerprint density at radius 1 is 1.17 bits per heavy atom. The lowest BCUT2D eigenvalue weighted by Gasteiger charge is -2.33. The van der Waals surface area contributed by atoms with Crippen molar-refractivity contribution in [3.63, 3.8) is 0 Å². The summed E-state index contributed by atoms with van der Waals surface area (Å²) in [7, 11) is 0. The number of aliphatic hydroxyl groups is 1. The summed E-state index contributed by atoms with van der Waals surface area (Å²) < 4.78 is 13.4. The van der Waals surface area contributed by atoms with Crippen molar-refractivity contribution in [2.24, 2.45) is 0 Å². The molecule has 2 rings (SSSR count). The largest absolute Gasteiger partial charge is 0.394 e. The third kappa shape index (κ3) is 3.22. The molecule has 1 aliphatic rings. The summed E-state index contributed by atoms with van der Waals surface area (Å²) in [6, 6.07) is 4.96. The highest BCUT2D eigenvalue weighted by Gasteiger charge is 2.30. The fourth-order valence-electron chi connectivity index (χ4n) is 2.84. The Labute approximate surface area is 108 Å². The lowest BCUT2D eigenvalue weighted by molar-refractivity contribution is 0.195. The van der Waals surface area contributed by atoms with Gasteiger partial charge in [-0.05, 0) is 43.5 Å². The van der Waals surface area contributed by atoms with Gasteiger partial charge in [0.05, 0.1) is 12.1 Å². The van der Waals surface area contributed by atoms with Crippen molar-refractivity contribution in [1.29, 1.82) is 0 Å². The van der Waals surface area contributed by atoms with Crippen LogP contribution in [0, 0.1) is 12.7 Å². The number of rotatable bonds is 3. The van der Waals surface area contributed by atoms with E-state index in [9.17, 15) is 9.50 Å². The summed E-state index contributed by atoms with van der Waals surface area (Å²) in [6.45, 7) is 2.00. The van der Waals surface area contributed by atoms with Crippen LogP contribution in [0.3, 0.4) is 0 Å². The minimum atomic E-state index is -0.267. The fourth-order valence-corrected chi connectivity index (χ4v) is 2.84. The molecule has 0 atom stereocenters. The van der Waals surface area contributed by atoms with E-state index >= 15 is 0 Å². The van der Waals surface area contributed by atoms with Crippen LogP contribution in [0.25, 0.3) is 0 Å². The lowest BCUT2D eigenvalue weighted by Crippen LogP contribution is -2.41. The number of nitrogens with one attached hydrogen (secondary N) is 1. The van der Waals surface area contributed by atoms with Crippen molar-refractivity contribution in [3.8, 4) is 0 Å². The van der Waals surface area contributed by atoms with Gasteiger partial charge >= 0.3 is 0 Å². The molecule has 0 aliphatic heterocycles. The average Bonchev–Trinajstić information content (AvgIpc) is 2.54. The van der Waals surface area contributed by atoms with Gasteiger partial charge in [0, 0.05) is 5.69 Å². The zero-order valence-corrected chi connectivity index (χ0v) is 11.0. The van der Waals surface area contributed by atoms with E-state index in [-0.39, 0.29) is 18.0 Å². The molecule has 0 aromatic heterocycles. The maximum Gasteiger partial charge on any atom is 0.125 e. The molecule has 2 nitrogen and oxygen atoms in total. The molecule has 18 heavy (non-hydrogen) atoms. The Bertz CT molecular complexity index is 377. The third-order valence-corrected chi connectivity index (χ3v) is 3.81. The quantitative estimate of drug-likeness (QED) is 0.804. The van der Waals surface area contributed by atoms with E-state index < -0.39 is 0 Å². The first-order valence-electron chi connectivity index (χ1n) is 6.80. The van der Waals surface area contributed by atoms with E-state index in [1.165, 1.54) is 25.0 Å². The van der Waals surface area contributed by atoms with Gasteiger partial charge in [0.25, 0.3) is 0 Å². The SMILES string of the molecule is Cc1cc(F)cc(NC2(CO)CCCCCC2)c1. The molecule has 1 aromatic carbocycles. The van der Waals surface area contributed by atoms with Crippen LogP contribution in [-0.2, 0) is 0 Å². The molecule has 2 N–H and O–H groups in total. The summed E-state index contributed by atoms with van der Waals surface area (Å²) in [5.74, 6) is -0.223. The molecule has 0 spiro atoms. The van der Waals surface area contributed by atoms with Gasteiger partial charge in [0.1, 0.15) is 5.82 Å². The van der Waals surface area contributed by atoms with Crippen LogP contribution in [0.1, 0.15) is 44.1 Å². The van der Waals surface area contributed by atoms with Gasteiger partial charge in [-0.25, -0.2) is 4.39 Å². The van der Waals surface area contributed by atoms with Gasteiger partial charge < -0.3 is 10.4 Å². The standard InChI is InChI=1S/C15H22FNO/c1-12-8-13(16)10-14(9-12)17-15(11-18)6-4-2-3-5-7-15/h8-10,17-18H,2-7,11H2,1H3. The molecule has 1 aromatic rings. The first kappa shape index (κ1) is 13.3. The monoisotopic (exact) mass is 251 g/mol. The van der Waals surface area contributed by atoms with E-state index in [4.69, 9.17) is 0 Å². The number of aliphatic hydroxyl groups excluding tert-OH is 1. The number of halogens is 1. The van der Waals surface area contributed by atoms with E-state index in [0.29, 0.717) is 0 Å². The molecule has 3 heteroatoms. The topological polar surface area (TPSA) is 32.3 Å². The molecule has 1 fully saturated rings. The van der Waals surface area contributed by atoms with Crippen LogP contribution < -0.4 is 5.32 Å². The zero-order valence-electron chi connectivity index (χ0n) is 11.0. The molecular formula is C15H22FNO. The normalized spacial score (nSPS) is 19.3. The summed E-state index contributed by atoms with van der Waals surface area (Å²) in [6.07, 6.45) is 6.62. The van der Waals surface area contributed by atoms with E-state index in [0.717, 1.165) is 36.9 Å². The molecule has 100 valence electrons. The van der Waals surface area contributed by atoms with Crippen molar-refractivity contribution >= 4 is 5.69 Å². The Kier molecular flexibility index (Phi) is 4.23. The molecule has 0 bridgehead atoms. The van der Waals surface area contributed by atoms with Crippen LogP contribution in [-0.4, -0.2) is 17.3 Å². The van der Waals surface area contributed by atoms with Crippen LogP contribution in [0.2, 0.25) is 0 Å². The summed E-state index contributed by atoms with van der Waals surface area (Å²) in [5.41, 5.74) is 1.42. The Hall–Kier alpha value is -1.09. The molecule has 1 aliphatic carbocycles. The highest BCUT2D eigenvalue weighted by Crippen LogP contribution is 2.30. The van der Waals surface area contributed by atoms with E-state index in [2.05, 4.69) is 5.32 Å². The van der Waals surface area contributed by atoms with Gasteiger partial charge in [-0.3, -0.25) is 0 Å². The highest BCUT2D eigenvalue weighted by atomic mass is 19.1. The molecule has 0 radical (unpaired) electrons. The second kappa shape index (κ2) is 5.70.